The topological polar surface area (TPSA) is 90.2 Å². The van der Waals surface area contributed by atoms with Gasteiger partial charge in [0, 0.05) is 43.6 Å². The second-order valence-electron chi connectivity index (χ2n) is 8.01. The van der Waals surface area contributed by atoms with E-state index in [0.717, 1.165) is 25.2 Å². The molecule has 0 fully saturated rings. The van der Waals surface area contributed by atoms with Crippen LogP contribution < -0.4 is 10.6 Å². The van der Waals surface area contributed by atoms with E-state index in [1.165, 1.54) is 23.3 Å². The Labute approximate surface area is 197 Å². The number of hydrogen-bond acceptors (Lipinski definition) is 4. The van der Waals surface area contributed by atoms with Gasteiger partial charge >= 0.3 is 11.8 Å². The summed E-state index contributed by atoms with van der Waals surface area (Å²) in [5.41, 5.74) is 4.11. The van der Waals surface area contributed by atoms with Crippen LogP contribution in [-0.2, 0) is 29.6 Å². The fourth-order valence-electron chi connectivity index (χ4n) is 4.19. The minimum atomic E-state index is -0.844. The number of aromatic nitrogens is 1. The molecule has 4 rings (SSSR count). The van der Waals surface area contributed by atoms with Gasteiger partial charge < -0.3 is 15.2 Å². The van der Waals surface area contributed by atoms with Gasteiger partial charge in [0.2, 0.25) is 0 Å². The van der Waals surface area contributed by atoms with Crippen molar-refractivity contribution in [3.8, 4) is 6.07 Å². The Kier molecular flexibility index (Phi) is 6.78. The van der Waals surface area contributed by atoms with Gasteiger partial charge in [-0.25, -0.2) is 0 Å². The molecule has 0 aliphatic carbocycles. The molecule has 2 aromatic carbocycles. The highest BCUT2D eigenvalue weighted by Crippen LogP contribution is 2.28. The lowest BCUT2D eigenvalue weighted by Gasteiger charge is -2.36. The standard InChI is InChI=1S/C25H24ClN5O2/c1-30-11-4-7-22(30)23(31-12-10-17-5-2-3-6-19(17)16-31)15-28-24(32)25(33)29-21-13-20(26)9-8-18(21)14-27/h2-9,11,13,23H,10,12,15-16H2,1H3,(H,28,32)(H,29,33). The summed E-state index contributed by atoms with van der Waals surface area (Å²) in [5.74, 6) is -1.61. The predicted molar refractivity (Wildman–Crippen MR) is 127 cm³/mol. The number of carbonyl (C=O) groups is 2. The summed E-state index contributed by atoms with van der Waals surface area (Å²) in [4.78, 5) is 27.4. The summed E-state index contributed by atoms with van der Waals surface area (Å²) < 4.78 is 2.03. The molecule has 0 saturated heterocycles. The van der Waals surface area contributed by atoms with Crippen LogP contribution >= 0.6 is 11.6 Å². The van der Waals surface area contributed by atoms with Gasteiger partial charge in [-0.15, -0.1) is 0 Å². The molecule has 3 aromatic rings. The number of aryl methyl sites for hydroxylation is 1. The van der Waals surface area contributed by atoms with Gasteiger partial charge in [0.15, 0.2) is 0 Å². The van der Waals surface area contributed by atoms with Gasteiger partial charge in [-0.3, -0.25) is 14.5 Å². The number of fused-ring (bicyclic) bond motifs is 1. The van der Waals surface area contributed by atoms with Crippen molar-refractivity contribution in [1.29, 1.82) is 5.26 Å². The minimum absolute atomic E-state index is 0.101. The van der Waals surface area contributed by atoms with Gasteiger partial charge in [0.25, 0.3) is 0 Å². The van der Waals surface area contributed by atoms with E-state index in [0.29, 0.717) is 5.02 Å². The molecule has 1 aliphatic heterocycles. The third-order valence-corrected chi connectivity index (χ3v) is 6.17. The maximum Gasteiger partial charge on any atom is 0.313 e. The number of nitrogens with one attached hydrogen (secondary N) is 2. The van der Waals surface area contributed by atoms with E-state index in [1.807, 2.05) is 42.1 Å². The van der Waals surface area contributed by atoms with E-state index >= 15 is 0 Å². The van der Waals surface area contributed by atoms with Crippen LogP contribution in [0.4, 0.5) is 5.69 Å². The van der Waals surface area contributed by atoms with E-state index in [-0.39, 0.29) is 23.8 Å². The maximum atomic E-state index is 12.6. The molecule has 2 N–H and O–H groups in total. The molecular weight excluding hydrogens is 438 g/mol. The Morgan fingerprint density at radius 3 is 2.64 bits per heavy atom. The van der Waals surface area contributed by atoms with Crippen molar-refractivity contribution < 1.29 is 9.59 Å². The number of amides is 2. The Morgan fingerprint density at radius 1 is 1.12 bits per heavy atom. The third kappa shape index (κ3) is 5.08. The van der Waals surface area contributed by atoms with Crippen LogP contribution in [0.5, 0.6) is 0 Å². The molecule has 33 heavy (non-hydrogen) atoms. The molecule has 1 atom stereocenters. The van der Waals surface area contributed by atoms with Crippen molar-refractivity contribution in [2.45, 2.75) is 19.0 Å². The van der Waals surface area contributed by atoms with Crippen molar-refractivity contribution in [3.05, 3.63) is 88.2 Å². The number of hydrogen-bond donors (Lipinski definition) is 2. The lowest BCUT2D eigenvalue weighted by molar-refractivity contribution is -0.136. The van der Waals surface area contributed by atoms with Gasteiger partial charge in [0.05, 0.1) is 17.3 Å². The zero-order valence-electron chi connectivity index (χ0n) is 18.2. The van der Waals surface area contributed by atoms with Crippen molar-refractivity contribution in [2.75, 3.05) is 18.4 Å². The lowest BCUT2D eigenvalue weighted by atomic mass is 9.98. The van der Waals surface area contributed by atoms with Crippen molar-refractivity contribution in [1.82, 2.24) is 14.8 Å². The molecule has 0 radical (unpaired) electrons. The van der Waals surface area contributed by atoms with E-state index in [1.54, 1.807) is 6.07 Å². The summed E-state index contributed by atoms with van der Waals surface area (Å²) >= 11 is 5.96. The van der Waals surface area contributed by atoms with Crippen LogP contribution in [0.25, 0.3) is 0 Å². The monoisotopic (exact) mass is 461 g/mol. The summed E-state index contributed by atoms with van der Waals surface area (Å²) in [5, 5.41) is 14.8. The summed E-state index contributed by atoms with van der Waals surface area (Å²) in [6.07, 6.45) is 2.90. The summed E-state index contributed by atoms with van der Waals surface area (Å²) in [6.45, 7) is 1.89. The first-order valence-electron chi connectivity index (χ1n) is 10.7. The number of anilines is 1. The lowest BCUT2D eigenvalue weighted by Crippen LogP contribution is -2.44. The maximum absolute atomic E-state index is 12.6. The Morgan fingerprint density at radius 2 is 1.91 bits per heavy atom. The fourth-order valence-corrected chi connectivity index (χ4v) is 4.36. The molecule has 168 valence electrons. The molecule has 2 heterocycles. The second kappa shape index (κ2) is 9.90. The van der Waals surface area contributed by atoms with Crippen LogP contribution in [-0.4, -0.2) is 34.4 Å². The van der Waals surface area contributed by atoms with Crippen molar-refractivity contribution >= 4 is 29.1 Å². The molecular formula is C25H24ClN5O2. The Balaban J connectivity index is 1.47. The van der Waals surface area contributed by atoms with E-state index in [2.05, 4.69) is 33.7 Å². The van der Waals surface area contributed by atoms with Crippen molar-refractivity contribution in [3.63, 3.8) is 0 Å². The highest BCUT2D eigenvalue weighted by molar-refractivity contribution is 6.40. The van der Waals surface area contributed by atoms with E-state index < -0.39 is 11.8 Å². The van der Waals surface area contributed by atoms with Gasteiger partial charge in [0.1, 0.15) is 6.07 Å². The number of halogens is 1. The molecule has 0 bridgehead atoms. The number of rotatable bonds is 5. The average molecular weight is 462 g/mol. The molecule has 2 amide bonds. The van der Waals surface area contributed by atoms with Crippen LogP contribution in [0.3, 0.4) is 0 Å². The fraction of sp³-hybridized carbons (Fsp3) is 0.240. The SMILES string of the molecule is Cn1cccc1C(CNC(=O)C(=O)Nc1cc(Cl)ccc1C#N)N1CCc2ccccc2C1. The molecule has 7 nitrogen and oxygen atoms in total. The zero-order valence-corrected chi connectivity index (χ0v) is 19.0. The molecule has 8 heteroatoms. The third-order valence-electron chi connectivity index (χ3n) is 5.94. The Hall–Kier alpha value is -3.60. The van der Waals surface area contributed by atoms with Crippen LogP contribution in [0.1, 0.15) is 28.4 Å². The first kappa shape index (κ1) is 22.6. The number of carbonyl (C=O) groups excluding carboxylic acids is 2. The van der Waals surface area contributed by atoms with Crippen molar-refractivity contribution in [2.24, 2.45) is 7.05 Å². The van der Waals surface area contributed by atoms with Gasteiger partial charge in [-0.1, -0.05) is 35.9 Å². The zero-order chi connectivity index (χ0) is 23.4. The quantitative estimate of drug-likeness (QED) is 0.570. The smallest absolute Gasteiger partial charge is 0.313 e. The Bertz CT molecular complexity index is 1230. The van der Waals surface area contributed by atoms with Crippen LogP contribution in [0.15, 0.2) is 60.8 Å². The average Bonchev–Trinajstić information content (AvgIpc) is 3.24. The first-order chi connectivity index (χ1) is 16.0. The summed E-state index contributed by atoms with van der Waals surface area (Å²) in [6, 6.07) is 18.8. The summed E-state index contributed by atoms with van der Waals surface area (Å²) in [7, 11) is 1.97. The predicted octanol–water partition coefficient (Wildman–Crippen LogP) is 3.40. The first-order valence-corrected chi connectivity index (χ1v) is 11.0. The molecule has 0 spiro atoms. The van der Waals surface area contributed by atoms with Gasteiger partial charge in [-0.05, 0) is 47.9 Å². The van der Waals surface area contributed by atoms with Crippen LogP contribution in [0.2, 0.25) is 5.02 Å². The highest BCUT2D eigenvalue weighted by atomic mass is 35.5. The van der Waals surface area contributed by atoms with Gasteiger partial charge in [-0.2, -0.15) is 5.26 Å². The number of nitrogens with zero attached hydrogens (tertiary/aromatic N) is 3. The molecule has 0 saturated carbocycles. The number of benzene rings is 2. The van der Waals surface area contributed by atoms with E-state index in [4.69, 9.17) is 11.6 Å². The van der Waals surface area contributed by atoms with E-state index in [9.17, 15) is 14.9 Å². The minimum Gasteiger partial charge on any atom is -0.353 e. The second-order valence-corrected chi connectivity index (χ2v) is 8.45. The molecule has 1 aliphatic rings. The molecule has 1 aromatic heterocycles. The largest absolute Gasteiger partial charge is 0.353 e. The highest BCUT2D eigenvalue weighted by Gasteiger charge is 2.27. The number of nitriles is 1. The molecule has 1 unspecified atom stereocenters. The van der Waals surface area contributed by atoms with Crippen LogP contribution in [0, 0.1) is 11.3 Å². The normalized spacial score (nSPS) is 14.1.